The van der Waals surface area contributed by atoms with Crippen LogP contribution >= 0.6 is 0 Å². The van der Waals surface area contributed by atoms with Crippen LogP contribution < -0.4 is 0 Å². The van der Waals surface area contributed by atoms with E-state index in [1.165, 1.54) is 5.56 Å². The van der Waals surface area contributed by atoms with Crippen molar-refractivity contribution in [1.29, 1.82) is 0 Å². The van der Waals surface area contributed by atoms with Crippen LogP contribution in [0.2, 0.25) is 0 Å². The molecule has 1 N–H and O–H groups in total. The predicted octanol–water partition coefficient (Wildman–Crippen LogP) is 4.30. The van der Waals surface area contributed by atoms with E-state index in [0.717, 1.165) is 30.7 Å². The Morgan fingerprint density at radius 2 is 2.04 bits per heavy atom. The quantitative estimate of drug-likeness (QED) is 0.902. The number of aliphatic hydroxyl groups excluding tert-OH is 1. The molecule has 3 rings (SSSR count). The topological polar surface area (TPSA) is 53.7 Å². The van der Waals surface area contributed by atoms with E-state index in [9.17, 15) is 9.90 Å². The Morgan fingerprint density at radius 1 is 1.24 bits per heavy atom. The van der Waals surface area contributed by atoms with E-state index in [-0.39, 0.29) is 17.9 Å². The number of piperidine rings is 1. The Kier molecular flexibility index (Phi) is 5.28. The number of nitrogens with zero attached hydrogens (tertiary/aromatic N) is 1. The molecule has 2 aromatic rings. The minimum atomic E-state index is -0.387. The summed E-state index contributed by atoms with van der Waals surface area (Å²) < 4.78 is 5.86. The number of furan rings is 1. The third kappa shape index (κ3) is 3.96. The fourth-order valence-electron chi connectivity index (χ4n) is 3.40. The first-order valence-corrected chi connectivity index (χ1v) is 9.13. The zero-order valence-corrected chi connectivity index (χ0v) is 15.2. The van der Waals surface area contributed by atoms with Gasteiger partial charge in [0.1, 0.15) is 5.76 Å². The molecule has 1 amide bonds. The summed E-state index contributed by atoms with van der Waals surface area (Å²) >= 11 is 0. The van der Waals surface area contributed by atoms with Gasteiger partial charge < -0.3 is 14.4 Å². The lowest BCUT2D eigenvalue weighted by atomic mass is 9.93. The number of likely N-dealkylation sites (tertiary alicyclic amines) is 1. The first kappa shape index (κ1) is 17.7. The maximum Gasteiger partial charge on any atom is 0.289 e. The minimum absolute atomic E-state index is 0.0865. The van der Waals surface area contributed by atoms with Crippen LogP contribution in [0.4, 0.5) is 0 Å². The SMILES string of the molecule is CC(C)c1cccc(-c2ccc(C(=O)N3CCCC(C(C)O)C3)o2)c1. The van der Waals surface area contributed by atoms with Crippen molar-refractivity contribution in [2.45, 2.75) is 45.6 Å². The Labute approximate surface area is 149 Å². The van der Waals surface area contributed by atoms with Crippen molar-refractivity contribution in [2.75, 3.05) is 13.1 Å². The number of hydrogen-bond donors (Lipinski definition) is 1. The van der Waals surface area contributed by atoms with Crippen molar-refractivity contribution in [2.24, 2.45) is 5.92 Å². The molecule has 0 bridgehead atoms. The van der Waals surface area contributed by atoms with Gasteiger partial charge >= 0.3 is 0 Å². The highest BCUT2D eigenvalue weighted by molar-refractivity contribution is 5.92. The van der Waals surface area contributed by atoms with Gasteiger partial charge in [-0.15, -0.1) is 0 Å². The standard InChI is InChI=1S/C21H27NO3/c1-14(2)16-6-4-7-17(12-16)19-9-10-20(25-19)21(24)22-11-5-8-18(13-22)15(3)23/h4,6-7,9-10,12,14-15,18,23H,5,8,11,13H2,1-3H3. The molecule has 1 aliphatic heterocycles. The number of carbonyl (C=O) groups is 1. The lowest BCUT2D eigenvalue weighted by molar-refractivity contribution is 0.0443. The van der Waals surface area contributed by atoms with Crippen molar-refractivity contribution >= 4 is 5.91 Å². The second-order valence-corrected chi connectivity index (χ2v) is 7.34. The van der Waals surface area contributed by atoms with Crippen molar-refractivity contribution in [3.8, 4) is 11.3 Å². The fourth-order valence-corrected chi connectivity index (χ4v) is 3.40. The lowest BCUT2D eigenvalue weighted by Gasteiger charge is -2.33. The fraction of sp³-hybridized carbons (Fsp3) is 0.476. The zero-order chi connectivity index (χ0) is 18.0. The van der Waals surface area contributed by atoms with E-state index < -0.39 is 0 Å². The Bertz CT molecular complexity index is 732. The average molecular weight is 341 g/mol. The highest BCUT2D eigenvalue weighted by Crippen LogP contribution is 2.27. The van der Waals surface area contributed by atoms with E-state index in [1.807, 2.05) is 18.2 Å². The molecule has 4 nitrogen and oxygen atoms in total. The monoisotopic (exact) mass is 341 g/mol. The number of rotatable bonds is 4. The average Bonchev–Trinajstić information content (AvgIpc) is 3.11. The molecule has 0 saturated carbocycles. The van der Waals surface area contributed by atoms with Crippen LogP contribution in [0.3, 0.4) is 0 Å². The van der Waals surface area contributed by atoms with E-state index >= 15 is 0 Å². The van der Waals surface area contributed by atoms with Crippen LogP contribution in [0, 0.1) is 5.92 Å². The molecule has 1 aromatic carbocycles. The zero-order valence-electron chi connectivity index (χ0n) is 15.2. The highest BCUT2D eigenvalue weighted by Gasteiger charge is 2.28. The first-order valence-electron chi connectivity index (χ1n) is 9.13. The third-order valence-corrected chi connectivity index (χ3v) is 5.08. The summed E-state index contributed by atoms with van der Waals surface area (Å²) in [5.41, 5.74) is 2.24. The molecule has 2 atom stereocenters. The minimum Gasteiger partial charge on any atom is -0.451 e. The van der Waals surface area contributed by atoms with E-state index in [1.54, 1.807) is 17.9 Å². The Morgan fingerprint density at radius 3 is 2.76 bits per heavy atom. The van der Waals surface area contributed by atoms with Crippen LogP contribution in [-0.2, 0) is 0 Å². The van der Waals surface area contributed by atoms with Crippen LogP contribution in [-0.4, -0.2) is 35.1 Å². The summed E-state index contributed by atoms with van der Waals surface area (Å²) in [6.07, 6.45) is 1.50. The van der Waals surface area contributed by atoms with Gasteiger partial charge in [0.05, 0.1) is 6.10 Å². The van der Waals surface area contributed by atoms with Gasteiger partial charge in [-0.25, -0.2) is 0 Å². The van der Waals surface area contributed by atoms with Gasteiger partial charge in [-0.3, -0.25) is 4.79 Å². The Hall–Kier alpha value is -2.07. The van der Waals surface area contributed by atoms with Crippen molar-refractivity contribution in [1.82, 2.24) is 4.90 Å². The molecule has 0 radical (unpaired) electrons. The largest absolute Gasteiger partial charge is 0.451 e. The van der Waals surface area contributed by atoms with Crippen LogP contribution in [0.5, 0.6) is 0 Å². The smallest absolute Gasteiger partial charge is 0.289 e. The van der Waals surface area contributed by atoms with Gasteiger partial charge in [0.2, 0.25) is 0 Å². The summed E-state index contributed by atoms with van der Waals surface area (Å²) in [7, 11) is 0. The molecule has 4 heteroatoms. The molecule has 2 unspecified atom stereocenters. The summed E-state index contributed by atoms with van der Waals surface area (Å²) in [5, 5.41) is 9.81. The molecule has 1 saturated heterocycles. The van der Waals surface area contributed by atoms with E-state index in [0.29, 0.717) is 18.2 Å². The van der Waals surface area contributed by atoms with Gasteiger partial charge in [0, 0.05) is 24.6 Å². The maximum absolute atomic E-state index is 12.7. The second kappa shape index (κ2) is 7.44. The summed E-state index contributed by atoms with van der Waals surface area (Å²) in [6, 6.07) is 11.9. The number of carbonyl (C=O) groups excluding carboxylic acids is 1. The second-order valence-electron chi connectivity index (χ2n) is 7.34. The molecular formula is C21H27NO3. The van der Waals surface area contributed by atoms with Crippen molar-refractivity contribution in [3.05, 3.63) is 47.7 Å². The number of aliphatic hydroxyl groups is 1. The molecule has 134 valence electrons. The molecule has 1 fully saturated rings. The van der Waals surface area contributed by atoms with Crippen LogP contribution in [0.1, 0.15) is 55.6 Å². The number of benzene rings is 1. The summed E-state index contributed by atoms with van der Waals surface area (Å²) in [4.78, 5) is 14.5. The molecule has 1 aromatic heterocycles. The molecule has 0 aliphatic carbocycles. The predicted molar refractivity (Wildman–Crippen MR) is 98.5 cm³/mol. The van der Waals surface area contributed by atoms with E-state index in [4.69, 9.17) is 4.42 Å². The molecule has 1 aliphatic rings. The van der Waals surface area contributed by atoms with Crippen molar-refractivity contribution in [3.63, 3.8) is 0 Å². The molecule has 2 heterocycles. The normalized spacial score (nSPS) is 19.2. The number of hydrogen-bond acceptors (Lipinski definition) is 3. The lowest BCUT2D eigenvalue weighted by Crippen LogP contribution is -2.42. The van der Waals surface area contributed by atoms with Gasteiger partial charge in [0.15, 0.2) is 5.76 Å². The van der Waals surface area contributed by atoms with Gasteiger partial charge in [-0.1, -0.05) is 32.0 Å². The third-order valence-electron chi connectivity index (χ3n) is 5.08. The number of amides is 1. The van der Waals surface area contributed by atoms with Crippen LogP contribution in [0.25, 0.3) is 11.3 Å². The maximum atomic E-state index is 12.7. The summed E-state index contributed by atoms with van der Waals surface area (Å²) in [5.74, 6) is 1.60. The molecule has 25 heavy (non-hydrogen) atoms. The molecule has 0 spiro atoms. The first-order chi connectivity index (χ1) is 12.0. The van der Waals surface area contributed by atoms with Crippen molar-refractivity contribution < 1.29 is 14.3 Å². The highest BCUT2D eigenvalue weighted by atomic mass is 16.4. The van der Waals surface area contributed by atoms with Crippen LogP contribution in [0.15, 0.2) is 40.8 Å². The molecular weight excluding hydrogens is 314 g/mol. The van der Waals surface area contributed by atoms with Gasteiger partial charge in [0.25, 0.3) is 5.91 Å². The van der Waals surface area contributed by atoms with E-state index in [2.05, 4.69) is 26.0 Å². The van der Waals surface area contributed by atoms with Gasteiger partial charge in [-0.05, 0) is 49.4 Å². The van der Waals surface area contributed by atoms with Gasteiger partial charge in [-0.2, -0.15) is 0 Å². The Balaban J connectivity index is 1.77. The summed E-state index contributed by atoms with van der Waals surface area (Å²) in [6.45, 7) is 7.43.